The second kappa shape index (κ2) is 4.59. The van der Waals surface area contributed by atoms with E-state index in [2.05, 4.69) is 15.9 Å². The van der Waals surface area contributed by atoms with Gasteiger partial charge in [0.15, 0.2) is 0 Å². The van der Waals surface area contributed by atoms with E-state index in [9.17, 15) is 4.79 Å². The highest BCUT2D eigenvalue weighted by atomic mass is 79.9. The van der Waals surface area contributed by atoms with Gasteiger partial charge in [-0.3, -0.25) is 4.79 Å². The van der Waals surface area contributed by atoms with Crippen LogP contribution in [0, 0.1) is 11.3 Å². The predicted molar refractivity (Wildman–Crippen MR) is 58.5 cm³/mol. The largest absolute Gasteiger partial charge is 0.298 e. The van der Waals surface area contributed by atoms with Gasteiger partial charge >= 0.3 is 0 Å². The van der Waals surface area contributed by atoms with Gasteiger partial charge in [-0.2, -0.15) is 5.26 Å². The first-order chi connectivity index (χ1) is 6.56. The summed E-state index contributed by atoms with van der Waals surface area (Å²) in [5.74, 6) is 0.00535. The summed E-state index contributed by atoms with van der Waals surface area (Å²) < 4.78 is 0. The molecule has 0 spiro atoms. The van der Waals surface area contributed by atoms with Crippen LogP contribution >= 0.6 is 27.5 Å². The van der Waals surface area contributed by atoms with Crippen LogP contribution in [0.5, 0.6) is 0 Å². The molecule has 72 valence electrons. The molecular weight excluding hydrogens is 265 g/mol. The van der Waals surface area contributed by atoms with Gasteiger partial charge in [0.2, 0.25) is 0 Å². The third-order valence-electron chi connectivity index (χ3n) is 1.76. The summed E-state index contributed by atoms with van der Waals surface area (Å²) in [6.07, 6.45) is 0. The number of nitriles is 1. The second-order valence-electron chi connectivity index (χ2n) is 2.82. The van der Waals surface area contributed by atoms with Crippen LogP contribution < -0.4 is 0 Å². The summed E-state index contributed by atoms with van der Waals surface area (Å²) in [7, 11) is 0. The molecular formula is C10H7BrClNO. The Hall–Kier alpha value is -0.850. The third kappa shape index (κ3) is 2.34. The van der Waals surface area contributed by atoms with Crippen molar-refractivity contribution in [3.05, 3.63) is 34.3 Å². The quantitative estimate of drug-likeness (QED) is 0.776. The Kier molecular flexibility index (Phi) is 3.68. The summed E-state index contributed by atoms with van der Waals surface area (Å²) in [4.78, 5) is 10.7. The van der Waals surface area contributed by atoms with E-state index in [-0.39, 0.29) is 10.6 Å². The number of benzene rings is 1. The van der Waals surface area contributed by atoms with Crippen molar-refractivity contribution in [2.45, 2.75) is 11.8 Å². The summed E-state index contributed by atoms with van der Waals surface area (Å²) in [5.41, 5.74) is 1.18. The Bertz CT molecular complexity index is 411. The lowest BCUT2D eigenvalue weighted by Crippen LogP contribution is -2.00. The predicted octanol–water partition coefficient (Wildman–Crippen LogP) is 3.24. The fraction of sp³-hybridized carbons (Fsp3) is 0.200. The van der Waals surface area contributed by atoms with Gasteiger partial charge in [-0.1, -0.05) is 33.6 Å². The molecule has 1 unspecified atom stereocenters. The summed E-state index contributed by atoms with van der Waals surface area (Å²) in [6, 6.07) is 6.90. The molecule has 1 rings (SSSR count). The molecule has 0 fully saturated rings. The van der Waals surface area contributed by atoms with Crippen molar-refractivity contribution in [2.24, 2.45) is 0 Å². The summed E-state index contributed by atoms with van der Waals surface area (Å²) in [5, 5.41) is 9.02. The first-order valence-corrected chi connectivity index (χ1v) is 5.19. The molecule has 0 bridgehead atoms. The molecule has 2 nitrogen and oxygen atoms in total. The van der Waals surface area contributed by atoms with Gasteiger partial charge in [0.1, 0.15) is 11.9 Å². The zero-order valence-electron chi connectivity index (χ0n) is 7.42. The third-order valence-corrected chi connectivity index (χ3v) is 3.25. The van der Waals surface area contributed by atoms with Gasteiger partial charge < -0.3 is 0 Å². The van der Waals surface area contributed by atoms with E-state index in [4.69, 9.17) is 16.9 Å². The Balaban J connectivity index is 3.10. The number of ketones is 1. The lowest BCUT2D eigenvalue weighted by Gasteiger charge is -2.06. The number of alkyl halides is 1. The first-order valence-electron chi connectivity index (χ1n) is 3.90. The van der Waals surface area contributed by atoms with E-state index < -0.39 is 0 Å². The van der Waals surface area contributed by atoms with Crippen LogP contribution in [0.3, 0.4) is 0 Å². The number of hydrogen-bond donors (Lipinski definition) is 0. The number of rotatable bonds is 2. The molecule has 0 aliphatic carbocycles. The molecule has 1 atom stereocenters. The van der Waals surface area contributed by atoms with Gasteiger partial charge in [0, 0.05) is 0 Å². The van der Waals surface area contributed by atoms with Crippen molar-refractivity contribution >= 4 is 33.3 Å². The van der Waals surface area contributed by atoms with Crippen LogP contribution in [-0.4, -0.2) is 5.78 Å². The van der Waals surface area contributed by atoms with Gasteiger partial charge in [0.05, 0.1) is 15.4 Å². The van der Waals surface area contributed by atoms with Crippen LogP contribution in [0.1, 0.15) is 22.9 Å². The zero-order valence-corrected chi connectivity index (χ0v) is 9.76. The average Bonchev–Trinajstić information content (AvgIpc) is 2.16. The number of nitrogens with zero attached hydrogens (tertiary/aromatic N) is 1. The fourth-order valence-electron chi connectivity index (χ4n) is 1.01. The monoisotopic (exact) mass is 271 g/mol. The van der Waals surface area contributed by atoms with Crippen LogP contribution in [-0.2, 0) is 4.79 Å². The van der Waals surface area contributed by atoms with Crippen molar-refractivity contribution in [3.8, 4) is 6.07 Å². The molecule has 0 amide bonds. The smallest absolute Gasteiger partial charge is 0.147 e. The van der Waals surface area contributed by atoms with Gasteiger partial charge in [-0.05, 0) is 24.6 Å². The first kappa shape index (κ1) is 11.2. The maximum absolute atomic E-state index is 11.1. The van der Waals surface area contributed by atoms with E-state index in [1.54, 1.807) is 18.2 Å². The Labute approximate surface area is 95.6 Å². The minimum Gasteiger partial charge on any atom is -0.298 e. The normalized spacial score (nSPS) is 11.9. The minimum atomic E-state index is -0.354. The highest BCUT2D eigenvalue weighted by molar-refractivity contribution is 9.09. The lowest BCUT2D eigenvalue weighted by atomic mass is 10.1. The fourth-order valence-corrected chi connectivity index (χ4v) is 1.53. The van der Waals surface area contributed by atoms with Crippen LogP contribution in [0.2, 0.25) is 5.02 Å². The van der Waals surface area contributed by atoms with Gasteiger partial charge in [-0.25, -0.2) is 0 Å². The van der Waals surface area contributed by atoms with Gasteiger partial charge in [0.25, 0.3) is 0 Å². The molecule has 4 heteroatoms. The highest BCUT2D eigenvalue weighted by Gasteiger charge is 2.13. The molecule has 1 aromatic carbocycles. The van der Waals surface area contributed by atoms with E-state index in [1.165, 1.54) is 6.92 Å². The molecule has 0 N–H and O–H groups in total. The SMILES string of the molecule is CC(=O)C(Br)c1ccc(C#N)c(Cl)c1. The van der Waals surface area contributed by atoms with Crippen LogP contribution in [0.25, 0.3) is 0 Å². The molecule has 0 aliphatic rings. The molecule has 0 radical (unpaired) electrons. The molecule has 0 saturated carbocycles. The molecule has 0 saturated heterocycles. The molecule has 0 heterocycles. The van der Waals surface area contributed by atoms with Crippen molar-refractivity contribution in [1.29, 1.82) is 5.26 Å². The lowest BCUT2D eigenvalue weighted by molar-refractivity contribution is -0.116. The Morgan fingerprint density at radius 3 is 2.71 bits per heavy atom. The average molecular weight is 273 g/mol. The maximum Gasteiger partial charge on any atom is 0.147 e. The van der Waals surface area contributed by atoms with Crippen molar-refractivity contribution in [3.63, 3.8) is 0 Å². The highest BCUT2D eigenvalue weighted by Crippen LogP contribution is 2.27. The molecule has 14 heavy (non-hydrogen) atoms. The zero-order chi connectivity index (χ0) is 10.7. The standard InChI is InChI=1S/C10H7BrClNO/c1-6(14)10(11)7-2-3-8(5-13)9(12)4-7/h2-4,10H,1H3. The molecule has 1 aromatic rings. The Morgan fingerprint density at radius 2 is 2.29 bits per heavy atom. The van der Waals surface area contributed by atoms with E-state index in [0.29, 0.717) is 10.6 Å². The maximum atomic E-state index is 11.1. The summed E-state index contributed by atoms with van der Waals surface area (Å²) >= 11 is 9.06. The van der Waals surface area contributed by atoms with Crippen LogP contribution in [0.15, 0.2) is 18.2 Å². The number of hydrogen-bond acceptors (Lipinski definition) is 2. The number of Topliss-reactive ketones (excluding diaryl/α,β-unsaturated/α-hetero) is 1. The van der Waals surface area contributed by atoms with Crippen molar-refractivity contribution in [2.75, 3.05) is 0 Å². The molecule has 0 aromatic heterocycles. The van der Waals surface area contributed by atoms with E-state index in [1.807, 2.05) is 6.07 Å². The summed E-state index contributed by atoms with van der Waals surface area (Å²) in [6.45, 7) is 1.49. The number of carbonyl (C=O) groups is 1. The van der Waals surface area contributed by atoms with Gasteiger partial charge in [-0.15, -0.1) is 0 Å². The van der Waals surface area contributed by atoms with E-state index >= 15 is 0 Å². The number of carbonyl (C=O) groups excluding carboxylic acids is 1. The van der Waals surface area contributed by atoms with E-state index in [0.717, 1.165) is 5.56 Å². The minimum absolute atomic E-state index is 0.00535. The molecule has 0 aliphatic heterocycles. The van der Waals surface area contributed by atoms with Crippen molar-refractivity contribution in [1.82, 2.24) is 0 Å². The number of halogens is 2. The topological polar surface area (TPSA) is 40.9 Å². The second-order valence-corrected chi connectivity index (χ2v) is 4.15. The Morgan fingerprint density at radius 1 is 1.64 bits per heavy atom. The van der Waals surface area contributed by atoms with Crippen LogP contribution in [0.4, 0.5) is 0 Å². The van der Waals surface area contributed by atoms with Crippen molar-refractivity contribution < 1.29 is 4.79 Å².